The lowest BCUT2D eigenvalue weighted by Gasteiger charge is -1.95. The number of hydrogen-bond donors (Lipinski definition) is 0. The second-order valence-corrected chi connectivity index (χ2v) is 4.90. The fraction of sp³-hybridized carbons (Fsp3) is 0.231. The minimum absolute atomic E-state index is 0.714. The predicted octanol–water partition coefficient (Wildman–Crippen LogP) is 4.75. The number of rotatable bonds is 3. The lowest BCUT2D eigenvalue weighted by Crippen LogP contribution is -1.73. The van der Waals surface area contributed by atoms with E-state index in [0.717, 1.165) is 11.4 Å². The van der Waals surface area contributed by atoms with Gasteiger partial charge >= 0.3 is 0 Å². The Morgan fingerprint density at radius 2 is 1.82 bits per heavy atom. The van der Waals surface area contributed by atoms with Crippen LogP contribution in [0.1, 0.15) is 23.1 Å². The van der Waals surface area contributed by atoms with Crippen LogP contribution < -0.4 is 0 Å². The van der Waals surface area contributed by atoms with E-state index in [1.54, 1.807) is 11.3 Å². The highest BCUT2D eigenvalue weighted by molar-refractivity contribution is 7.15. The van der Waals surface area contributed by atoms with Crippen molar-refractivity contribution >= 4 is 22.2 Å². The molecule has 1 aromatic carbocycles. The quantitative estimate of drug-likeness (QED) is 0.718. The van der Waals surface area contributed by atoms with Crippen molar-refractivity contribution in [2.24, 2.45) is 10.2 Å². The lowest BCUT2D eigenvalue weighted by atomic mass is 10.2. The zero-order valence-electron chi connectivity index (χ0n) is 10.1. The van der Waals surface area contributed by atoms with Gasteiger partial charge in [-0.2, -0.15) is 0 Å². The second kappa shape index (κ2) is 5.19. The van der Waals surface area contributed by atoms with Crippen molar-refractivity contribution in [3.8, 4) is 0 Å². The molecule has 4 heteroatoms. The zero-order chi connectivity index (χ0) is 12.3. The molecule has 0 saturated carbocycles. The summed E-state index contributed by atoms with van der Waals surface area (Å²) in [7, 11) is 0. The van der Waals surface area contributed by atoms with Gasteiger partial charge in [0.05, 0.1) is 11.4 Å². The molecule has 2 rings (SSSR count). The van der Waals surface area contributed by atoms with Gasteiger partial charge in [-0.25, -0.2) is 4.98 Å². The number of aromatic nitrogens is 1. The third-order valence-corrected chi connectivity index (χ3v) is 3.45. The SMILES string of the molecule is C[CH]c1ccc(N=Nc2nc(C)c(C)s2)cc1. The first-order valence-electron chi connectivity index (χ1n) is 5.44. The molecule has 87 valence electrons. The van der Waals surface area contributed by atoms with Crippen LogP contribution in [0.25, 0.3) is 0 Å². The van der Waals surface area contributed by atoms with Gasteiger partial charge in [0.25, 0.3) is 0 Å². The van der Waals surface area contributed by atoms with Gasteiger partial charge in [0.15, 0.2) is 0 Å². The molecule has 0 aliphatic heterocycles. The summed E-state index contributed by atoms with van der Waals surface area (Å²) in [5, 5.41) is 9.02. The first-order chi connectivity index (χ1) is 8.19. The van der Waals surface area contributed by atoms with E-state index in [4.69, 9.17) is 0 Å². The Labute approximate surface area is 105 Å². The molecule has 0 atom stereocenters. The highest BCUT2D eigenvalue weighted by Gasteiger charge is 2.01. The Hall–Kier alpha value is -1.55. The van der Waals surface area contributed by atoms with Gasteiger partial charge in [-0.05, 0) is 38.0 Å². The molecule has 1 aromatic heterocycles. The molecule has 0 N–H and O–H groups in total. The molecule has 0 fully saturated rings. The third-order valence-electron chi connectivity index (χ3n) is 2.49. The van der Waals surface area contributed by atoms with Crippen molar-refractivity contribution < 1.29 is 0 Å². The van der Waals surface area contributed by atoms with Crippen LogP contribution in [0.2, 0.25) is 0 Å². The minimum atomic E-state index is 0.714. The van der Waals surface area contributed by atoms with Crippen molar-refractivity contribution in [1.82, 2.24) is 4.98 Å². The normalized spacial score (nSPS) is 11.2. The third kappa shape index (κ3) is 2.97. The van der Waals surface area contributed by atoms with E-state index in [0.29, 0.717) is 5.13 Å². The molecule has 0 amide bonds. The summed E-state index contributed by atoms with van der Waals surface area (Å²) in [4.78, 5) is 5.50. The van der Waals surface area contributed by atoms with Crippen LogP contribution in [0.5, 0.6) is 0 Å². The van der Waals surface area contributed by atoms with Crippen molar-refractivity contribution in [3.63, 3.8) is 0 Å². The maximum absolute atomic E-state index is 4.31. The lowest BCUT2D eigenvalue weighted by molar-refractivity contribution is 1.15. The molecule has 0 aliphatic carbocycles. The highest BCUT2D eigenvalue weighted by Crippen LogP contribution is 2.26. The summed E-state index contributed by atoms with van der Waals surface area (Å²) in [5.74, 6) is 0. The first kappa shape index (κ1) is 11.9. The van der Waals surface area contributed by atoms with E-state index in [2.05, 4.69) is 21.6 Å². The van der Waals surface area contributed by atoms with E-state index in [-0.39, 0.29) is 0 Å². The fourth-order valence-electron chi connectivity index (χ4n) is 1.33. The maximum atomic E-state index is 4.31. The van der Waals surface area contributed by atoms with E-state index in [1.165, 1.54) is 10.4 Å². The summed E-state index contributed by atoms with van der Waals surface area (Å²) in [6.07, 6.45) is 2.05. The van der Waals surface area contributed by atoms with E-state index >= 15 is 0 Å². The Bertz CT molecular complexity index is 507. The average Bonchev–Trinajstić information content (AvgIpc) is 2.67. The van der Waals surface area contributed by atoms with Crippen LogP contribution in [0.3, 0.4) is 0 Å². The van der Waals surface area contributed by atoms with Gasteiger partial charge in [-0.1, -0.05) is 30.4 Å². The maximum Gasteiger partial charge on any atom is 0.230 e. The van der Waals surface area contributed by atoms with Gasteiger partial charge in [-0.15, -0.1) is 10.2 Å². The number of hydrogen-bond acceptors (Lipinski definition) is 4. The van der Waals surface area contributed by atoms with Crippen LogP contribution in [0, 0.1) is 20.3 Å². The molecule has 1 heterocycles. The van der Waals surface area contributed by atoms with Crippen molar-refractivity contribution in [2.75, 3.05) is 0 Å². The number of benzene rings is 1. The van der Waals surface area contributed by atoms with Gasteiger partial charge in [0, 0.05) is 4.88 Å². The molecule has 17 heavy (non-hydrogen) atoms. The fourth-order valence-corrected chi connectivity index (χ4v) is 2.06. The molecule has 0 unspecified atom stereocenters. The first-order valence-corrected chi connectivity index (χ1v) is 6.26. The largest absolute Gasteiger partial charge is 0.230 e. The Balaban J connectivity index is 2.14. The Kier molecular flexibility index (Phi) is 3.64. The molecule has 3 nitrogen and oxygen atoms in total. The molecular weight excluding hydrogens is 230 g/mol. The predicted molar refractivity (Wildman–Crippen MR) is 71.3 cm³/mol. The van der Waals surface area contributed by atoms with E-state index in [1.807, 2.05) is 45.0 Å². The topological polar surface area (TPSA) is 37.6 Å². The standard InChI is InChI=1S/C13H14N3S/c1-4-11-5-7-12(8-6-11)15-16-13-14-9(2)10(3)17-13/h4-8H,1-3H3. The minimum Gasteiger partial charge on any atom is -0.222 e. The highest BCUT2D eigenvalue weighted by atomic mass is 32.1. The second-order valence-electron chi connectivity index (χ2n) is 3.72. The van der Waals surface area contributed by atoms with Gasteiger partial charge in [-0.3, -0.25) is 0 Å². The molecule has 0 bridgehead atoms. The molecule has 0 aliphatic rings. The van der Waals surface area contributed by atoms with Crippen LogP contribution in [-0.4, -0.2) is 4.98 Å². The summed E-state index contributed by atoms with van der Waals surface area (Å²) in [6, 6.07) is 7.94. The summed E-state index contributed by atoms with van der Waals surface area (Å²) >= 11 is 1.56. The number of aryl methyl sites for hydroxylation is 2. The summed E-state index contributed by atoms with van der Waals surface area (Å²) in [5.41, 5.74) is 3.06. The van der Waals surface area contributed by atoms with E-state index < -0.39 is 0 Å². The van der Waals surface area contributed by atoms with Crippen molar-refractivity contribution in [1.29, 1.82) is 0 Å². The van der Waals surface area contributed by atoms with Crippen molar-refractivity contribution in [2.45, 2.75) is 20.8 Å². The number of thiazole rings is 1. The van der Waals surface area contributed by atoms with Gasteiger partial charge < -0.3 is 0 Å². The molecule has 2 aromatic rings. The summed E-state index contributed by atoms with van der Waals surface area (Å²) in [6.45, 7) is 6.03. The molecule has 0 spiro atoms. The molecule has 0 saturated heterocycles. The Morgan fingerprint density at radius 1 is 1.12 bits per heavy atom. The van der Waals surface area contributed by atoms with Gasteiger partial charge in [0.1, 0.15) is 0 Å². The van der Waals surface area contributed by atoms with Gasteiger partial charge in [0.2, 0.25) is 5.13 Å². The smallest absolute Gasteiger partial charge is 0.222 e. The monoisotopic (exact) mass is 244 g/mol. The number of azo groups is 1. The van der Waals surface area contributed by atoms with E-state index in [9.17, 15) is 0 Å². The molecule has 1 radical (unpaired) electrons. The number of nitrogens with zero attached hydrogens (tertiary/aromatic N) is 3. The van der Waals surface area contributed by atoms with Crippen LogP contribution in [0.4, 0.5) is 10.8 Å². The average molecular weight is 244 g/mol. The summed E-state index contributed by atoms with van der Waals surface area (Å²) < 4.78 is 0. The Morgan fingerprint density at radius 3 is 2.35 bits per heavy atom. The zero-order valence-corrected chi connectivity index (χ0v) is 11.0. The van der Waals surface area contributed by atoms with Crippen LogP contribution in [-0.2, 0) is 0 Å². The van der Waals surface area contributed by atoms with Crippen molar-refractivity contribution in [3.05, 3.63) is 46.8 Å². The van der Waals surface area contributed by atoms with Crippen LogP contribution in [0.15, 0.2) is 34.5 Å². The van der Waals surface area contributed by atoms with Crippen LogP contribution >= 0.6 is 11.3 Å². The molecular formula is C13H14N3S.